The molecular formula is C11H14N2O. The Morgan fingerprint density at radius 1 is 1.29 bits per heavy atom. The Kier molecular flexibility index (Phi) is 4.27. The van der Waals surface area contributed by atoms with E-state index in [9.17, 15) is 4.79 Å². The maximum Gasteiger partial charge on any atom is 0.315 e. The largest absolute Gasteiger partial charge is 0.335 e. The molecular weight excluding hydrogens is 176 g/mol. The molecule has 1 aromatic rings. The zero-order chi connectivity index (χ0) is 10.2. The van der Waals surface area contributed by atoms with E-state index in [1.54, 1.807) is 6.08 Å². The number of carbonyl (C=O) groups is 1. The molecule has 2 amide bonds. The molecule has 0 fully saturated rings. The molecule has 0 saturated carbocycles. The molecule has 0 aliphatic carbocycles. The van der Waals surface area contributed by atoms with Crippen LogP contribution in [0.5, 0.6) is 0 Å². The van der Waals surface area contributed by atoms with Gasteiger partial charge in [-0.15, -0.1) is 6.58 Å². The molecule has 0 aliphatic heterocycles. The normalized spacial score (nSPS) is 9.14. The predicted molar refractivity (Wildman–Crippen MR) is 56.9 cm³/mol. The van der Waals surface area contributed by atoms with Gasteiger partial charge in [-0.05, 0) is 5.56 Å². The molecule has 0 radical (unpaired) electrons. The maximum absolute atomic E-state index is 11.1. The van der Waals surface area contributed by atoms with Gasteiger partial charge in [-0.2, -0.15) is 0 Å². The molecule has 1 rings (SSSR count). The fourth-order valence-electron chi connectivity index (χ4n) is 1.01. The van der Waals surface area contributed by atoms with Gasteiger partial charge in [0.15, 0.2) is 0 Å². The maximum atomic E-state index is 11.1. The third-order valence-corrected chi connectivity index (χ3v) is 1.70. The first-order valence-corrected chi connectivity index (χ1v) is 4.49. The number of nitrogens with one attached hydrogen (secondary N) is 2. The van der Waals surface area contributed by atoms with Gasteiger partial charge in [0.25, 0.3) is 0 Å². The van der Waals surface area contributed by atoms with E-state index in [1.807, 2.05) is 30.3 Å². The van der Waals surface area contributed by atoms with Gasteiger partial charge >= 0.3 is 6.03 Å². The zero-order valence-electron chi connectivity index (χ0n) is 7.99. The van der Waals surface area contributed by atoms with Crippen molar-refractivity contribution in [1.82, 2.24) is 10.6 Å². The highest BCUT2D eigenvalue weighted by atomic mass is 16.2. The zero-order valence-corrected chi connectivity index (χ0v) is 7.99. The standard InChI is InChI=1S/C11H14N2O/c1-2-8-12-11(14)13-9-10-6-4-3-5-7-10/h2-7H,1,8-9H2,(H2,12,13,14). The van der Waals surface area contributed by atoms with E-state index in [1.165, 1.54) is 0 Å². The third-order valence-electron chi connectivity index (χ3n) is 1.70. The van der Waals surface area contributed by atoms with Gasteiger partial charge in [0.2, 0.25) is 0 Å². The molecule has 3 nitrogen and oxygen atoms in total. The summed E-state index contributed by atoms with van der Waals surface area (Å²) in [5, 5.41) is 5.37. The van der Waals surface area contributed by atoms with Gasteiger partial charge < -0.3 is 10.6 Å². The van der Waals surface area contributed by atoms with E-state index in [2.05, 4.69) is 17.2 Å². The number of amides is 2. The molecule has 0 saturated heterocycles. The van der Waals surface area contributed by atoms with Crippen molar-refractivity contribution in [3.63, 3.8) is 0 Å². The van der Waals surface area contributed by atoms with Gasteiger partial charge in [-0.1, -0.05) is 36.4 Å². The average Bonchev–Trinajstić information content (AvgIpc) is 2.25. The molecule has 0 unspecified atom stereocenters. The van der Waals surface area contributed by atoms with Gasteiger partial charge in [-0.3, -0.25) is 0 Å². The monoisotopic (exact) mass is 190 g/mol. The van der Waals surface area contributed by atoms with Crippen LogP contribution in [0.4, 0.5) is 4.79 Å². The van der Waals surface area contributed by atoms with Crippen molar-refractivity contribution in [3.05, 3.63) is 48.6 Å². The van der Waals surface area contributed by atoms with Crippen LogP contribution in [0, 0.1) is 0 Å². The summed E-state index contributed by atoms with van der Waals surface area (Å²) < 4.78 is 0. The molecule has 0 aromatic heterocycles. The van der Waals surface area contributed by atoms with Crippen LogP contribution >= 0.6 is 0 Å². The highest BCUT2D eigenvalue weighted by Gasteiger charge is 1.96. The molecule has 0 aliphatic rings. The summed E-state index contributed by atoms with van der Waals surface area (Å²) in [5.41, 5.74) is 1.08. The molecule has 0 heterocycles. The molecule has 2 N–H and O–H groups in total. The molecule has 74 valence electrons. The van der Waals surface area contributed by atoms with E-state index in [0.717, 1.165) is 5.56 Å². The highest BCUT2D eigenvalue weighted by Crippen LogP contribution is 1.96. The Morgan fingerprint density at radius 3 is 2.64 bits per heavy atom. The lowest BCUT2D eigenvalue weighted by atomic mass is 10.2. The van der Waals surface area contributed by atoms with Crippen molar-refractivity contribution < 1.29 is 4.79 Å². The van der Waals surface area contributed by atoms with Crippen LogP contribution < -0.4 is 10.6 Å². The smallest absolute Gasteiger partial charge is 0.315 e. The first kappa shape index (κ1) is 10.3. The molecule has 14 heavy (non-hydrogen) atoms. The number of hydrogen-bond donors (Lipinski definition) is 2. The van der Waals surface area contributed by atoms with Gasteiger partial charge in [0.1, 0.15) is 0 Å². The summed E-state index contributed by atoms with van der Waals surface area (Å²) in [5.74, 6) is 0. The summed E-state index contributed by atoms with van der Waals surface area (Å²) in [6.07, 6.45) is 1.64. The SMILES string of the molecule is C=CCNC(=O)NCc1ccccc1. The first-order chi connectivity index (χ1) is 6.83. The Balaban J connectivity index is 2.27. The molecule has 0 spiro atoms. The summed E-state index contributed by atoms with van der Waals surface area (Å²) in [7, 11) is 0. The van der Waals surface area contributed by atoms with Crippen LogP contribution in [-0.4, -0.2) is 12.6 Å². The Hall–Kier alpha value is -1.77. The van der Waals surface area contributed by atoms with Crippen molar-refractivity contribution in [2.24, 2.45) is 0 Å². The lowest BCUT2D eigenvalue weighted by molar-refractivity contribution is 0.241. The Morgan fingerprint density at radius 2 is 2.00 bits per heavy atom. The topological polar surface area (TPSA) is 41.1 Å². The van der Waals surface area contributed by atoms with E-state index in [4.69, 9.17) is 0 Å². The summed E-state index contributed by atoms with van der Waals surface area (Å²) in [4.78, 5) is 11.1. The minimum atomic E-state index is -0.172. The van der Waals surface area contributed by atoms with E-state index >= 15 is 0 Å². The van der Waals surface area contributed by atoms with Crippen molar-refractivity contribution in [2.45, 2.75) is 6.54 Å². The van der Waals surface area contributed by atoms with E-state index in [-0.39, 0.29) is 6.03 Å². The lowest BCUT2D eigenvalue weighted by Crippen LogP contribution is -2.34. The summed E-state index contributed by atoms with van der Waals surface area (Å²) >= 11 is 0. The number of benzene rings is 1. The van der Waals surface area contributed by atoms with Gasteiger partial charge in [0.05, 0.1) is 0 Å². The minimum Gasteiger partial charge on any atom is -0.335 e. The van der Waals surface area contributed by atoms with Crippen molar-refractivity contribution in [2.75, 3.05) is 6.54 Å². The highest BCUT2D eigenvalue weighted by molar-refractivity contribution is 5.73. The fraction of sp³-hybridized carbons (Fsp3) is 0.182. The Bertz CT molecular complexity index is 295. The second-order valence-electron chi connectivity index (χ2n) is 2.84. The molecule has 1 aromatic carbocycles. The number of rotatable bonds is 4. The lowest BCUT2D eigenvalue weighted by Gasteiger charge is -2.05. The van der Waals surface area contributed by atoms with E-state index < -0.39 is 0 Å². The van der Waals surface area contributed by atoms with Crippen LogP contribution in [-0.2, 0) is 6.54 Å². The van der Waals surface area contributed by atoms with Crippen molar-refractivity contribution >= 4 is 6.03 Å². The summed E-state index contributed by atoms with van der Waals surface area (Å²) in [6.45, 7) is 4.54. The predicted octanol–water partition coefficient (Wildman–Crippen LogP) is 1.67. The van der Waals surface area contributed by atoms with E-state index in [0.29, 0.717) is 13.1 Å². The minimum absolute atomic E-state index is 0.172. The quantitative estimate of drug-likeness (QED) is 0.697. The molecule has 0 bridgehead atoms. The number of carbonyl (C=O) groups excluding carboxylic acids is 1. The second-order valence-corrected chi connectivity index (χ2v) is 2.84. The first-order valence-electron chi connectivity index (χ1n) is 4.49. The third kappa shape index (κ3) is 3.76. The van der Waals surface area contributed by atoms with Crippen LogP contribution in [0.2, 0.25) is 0 Å². The number of hydrogen-bond acceptors (Lipinski definition) is 1. The fourth-order valence-corrected chi connectivity index (χ4v) is 1.01. The van der Waals surface area contributed by atoms with Crippen LogP contribution in [0.15, 0.2) is 43.0 Å². The molecule has 0 atom stereocenters. The van der Waals surface area contributed by atoms with Gasteiger partial charge in [0, 0.05) is 13.1 Å². The van der Waals surface area contributed by atoms with Crippen LogP contribution in [0.25, 0.3) is 0 Å². The summed E-state index contributed by atoms with van der Waals surface area (Å²) in [6, 6.07) is 9.59. The Labute approximate surface area is 83.8 Å². The van der Waals surface area contributed by atoms with Crippen molar-refractivity contribution in [3.8, 4) is 0 Å². The number of urea groups is 1. The van der Waals surface area contributed by atoms with Crippen molar-refractivity contribution in [1.29, 1.82) is 0 Å². The van der Waals surface area contributed by atoms with Gasteiger partial charge in [-0.25, -0.2) is 4.79 Å². The molecule has 3 heteroatoms. The van der Waals surface area contributed by atoms with Crippen LogP contribution in [0.3, 0.4) is 0 Å². The van der Waals surface area contributed by atoms with Crippen LogP contribution in [0.1, 0.15) is 5.56 Å². The average molecular weight is 190 g/mol. The second kappa shape index (κ2) is 5.80.